The molecule has 30 heavy (non-hydrogen) atoms. The van der Waals surface area contributed by atoms with Gasteiger partial charge in [-0.1, -0.05) is 17.7 Å². The number of hydrogen-bond acceptors (Lipinski definition) is 7. The van der Waals surface area contributed by atoms with Crippen molar-refractivity contribution in [2.24, 2.45) is 5.92 Å². The van der Waals surface area contributed by atoms with Crippen molar-refractivity contribution >= 4 is 40.5 Å². The molecule has 154 valence electrons. The zero-order valence-electron chi connectivity index (χ0n) is 16.7. The number of imidazole rings is 1. The van der Waals surface area contributed by atoms with Crippen LogP contribution in [0.4, 0.5) is 5.82 Å². The van der Waals surface area contributed by atoms with Crippen LogP contribution in [-0.2, 0) is 13.0 Å². The zero-order valence-corrected chi connectivity index (χ0v) is 18.4. The molecule has 0 spiro atoms. The third kappa shape index (κ3) is 3.78. The normalized spacial score (nSPS) is 16.6. The molecule has 0 unspecified atom stereocenters. The molecule has 1 saturated heterocycles. The van der Waals surface area contributed by atoms with Crippen molar-refractivity contribution in [1.29, 1.82) is 0 Å². The van der Waals surface area contributed by atoms with Gasteiger partial charge in [-0.3, -0.25) is 0 Å². The van der Waals surface area contributed by atoms with Crippen LogP contribution in [0.15, 0.2) is 33.4 Å². The van der Waals surface area contributed by atoms with Gasteiger partial charge in [0.05, 0.1) is 0 Å². The number of nitrogens with two attached hydrogens (primary N) is 1. The van der Waals surface area contributed by atoms with Crippen LogP contribution in [0, 0.1) is 18.3 Å². The van der Waals surface area contributed by atoms with E-state index in [-0.39, 0.29) is 0 Å². The minimum atomic E-state index is 0.421. The summed E-state index contributed by atoms with van der Waals surface area (Å²) in [7, 11) is 0. The average Bonchev–Trinajstić information content (AvgIpc) is 3.37. The second-order valence-corrected chi connectivity index (χ2v) is 9.91. The summed E-state index contributed by atoms with van der Waals surface area (Å²) in [6.07, 6.45) is 12.0. The van der Waals surface area contributed by atoms with Crippen LogP contribution in [-0.4, -0.2) is 38.4 Å². The Balaban J connectivity index is 1.51. The van der Waals surface area contributed by atoms with Crippen molar-refractivity contribution in [3.8, 4) is 12.3 Å². The highest BCUT2D eigenvalue weighted by Gasteiger charge is 2.21. The van der Waals surface area contributed by atoms with Gasteiger partial charge < -0.3 is 15.6 Å². The molecule has 3 N–H and O–H groups in total. The van der Waals surface area contributed by atoms with Gasteiger partial charge in [0.25, 0.3) is 0 Å². The molecule has 4 heterocycles. The van der Waals surface area contributed by atoms with Gasteiger partial charge in [-0.05, 0) is 62.4 Å². The number of anilines is 1. The van der Waals surface area contributed by atoms with Crippen molar-refractivity contribution in [3.63, 3.8) is 0 Å². The van der Waals surface area contributed by atoms with Crippen LogP contribution in [0.5, 0.6) is 0 Å². The third-order valence-electron chi connectivity index (χ3n) is 5.89. The molecule has 0 radical (unpaired) electrons. The molecule has 6 nitrogen and oxygen atoms in total. The molecular formula is C22H24N6S2. The summed E-state index contributed by atoms with van der Waals surface area (Å²) in [5, 5.41) is 4.32. The van der Waals surface area contributed by atoms with Gasteiger partial charge in [-0.15, -0.1) is 18.2 Å². The van der Waals surface area contributed by atoms with E-state index in [1.807, 2.05) is 11.8 Å². The number of hydrogen-bond donors (Lipinski definition) is 2. The fourth-order valence-electron chi connectivity index (χ4n) is 4.20. The van der Waals surface area contributed by atoms with Crippen molar-refractivity contribution in [3.05, 3.63) is 29.6 Å². The SMILES string of the molecule is C#Cc1cc2c(cc1Sc1nc3c(N)ncnc3n1CCC1CCNCC1)SCC2. The van der Waals surface area contributed by atoms with Gasteiger partial charge >= 0.3 is 0 Å². The maximum atomic E-state index is 6.12. The fraction of sp³-hybridized carbons (Fsp3) is 0.409. The first-order valence-corrected chi connectivity index (χ1v) is 12.1. The summed E-state index contributed by atoms with van der Waals surface area (Å²) in [5.41, 5.74) is 9.87. The van der Waals surface area contributed by atoms with E-state index in [4.69, 9.17) is 17.1 Å². The van der Waals surface area contributed by atoms with Crippen LogP contribution in [0.1, 0.15) is 30.4 Å². The Hall–Kier alpha value is -2.21. The maximum absolute atomic E-state index is 6.12. The standard InChI is InChI=1S/C22H24N6S2/c1-2-15-11-16-6-10-29-17(16)12-18(15)30-22-27-19-20(23)25-13-26-21(19)28(22)9-5-14-3-7-24-8-4-14/h1,11-14,24H,3-10H2,(H2,23,25,26). The quantitative estimate of drug-likeness (QED) is 0.592. The van der Waals surface area contributed by atoms with Crippen LogP contribution < -0.4 is 11.1 Å². The third-order valence-corrected chi connectivity index (χ3v) is 8.04. The molecule has 0 saturated carbocycles. The second-order valence-electron chi connectivity index (χ2n) is 7.76. The number of aryl methyl sites for hydroxylation is 2. The predicted molar refractivity (Wildman–Crippen MR) is 123 cm³/mol. The lowest BCUT2D eigenvalue weighted by Crippen LogP contribution is -2.28. The summed E-state index contributed by atoms with van der Waals surface area (Å²) in [4.78, 5) is 15.9. The van der Waals surface area contributed by atoms with Crippen LogP contribution in [0.25, 0.3) is 11.2 Å². The fourth-order valence-corrected chi connectivity index (χ4v) is 6.39. The van der Waals surface area contributed by atoms with E-state index in [2.05, 4.69) is 37.9 Å². The van der Waals surface area contributed by atoms with E-state index in [0.29, 0.717) is 11.3 Å². The smallest absolute Gasteiger partial charge is 0.175 e. The van der Waals surface area contributed by atoms with Crippen molar-refractivity contribution in [2.45, 2.75) is 47.2 Å². The Morgan fingerprint density at radius 2 is 2.17 bits per heavy atom. The maximum Gasteiger partial charge on any atom is 0.175 e. The topological polar surface area (TPSA) is 81.7 Å². The average molecular weight is 437 g/mol. The molecule has 1 fully saturated rings. The summed E-state index contributed by atoms with van der Waals surface area (Å²) < 4.78 is 2.20. The number of terminal acetylenes is 1. The van der Waals surface area contributed by atoms with Gasteiger partial charge in [0.15, 0.2) is 22.1 Å². The summed E-state index contributed by atoms with van der Waals surface area (Å²) in [5.74, 6) is 5.13. The minimum Gasteiger partial charge on any atom is -0.382 e. The van der Waals surface area contributed by atoms with Crippen LogP contribution >= 0.6 is 23.5 Å². The first-order chi connectivity index (χ1) is 14.7. The Labute approximate surface area is 184 Å². The highest BCUT2D eigenvalue weighted by molar-refractivity contribution is 8.00. The molecule has 0 bridgehead atoms. The van der Waals surface area contributed by atoms with Gasteiger partial charge in [-0.25, -0.2) is 15.0 Å². The van der Waals surface area contributed by atoms with E-state index in [1.54, 1.807) is 11.8 Å². The Morgan fingerprint density at radius 3 is 3.00 bits per heavy atom. The predicted octanol–water partition coefficient (Wildman–Crippen LogP) is 3.58. The van der Waals surface area contributed by atoms with E-state index >= 15 is 0 Å². The first-order valence-electron chi connectivity index (χ1n) is 10.3. The molecule has 0 atom stereocenters. The lowest BCUT2D eigenvalue weighted by molar-refractivity contribution is 0.335. The van der Waals surface area contributed by atoms with Gasteiger partial charge in [0.2, 0.25) is 0 Å². The van der Waals surface area contributed by atoms with E-state index < -0.39 is 0 Å². The lowest BCUT2D eigenvalue weighted by atomic mass is 9.95. The van der Waals surface area contributed by atoms with Gasteiger partial charge in [0.1, 0.15) is 6.33 Å². The monoisotopic (exact) mass is 436 g/mol. The number of rotatable bonds is 5. The zero-order chi connectivity index (χ0) is 20.5. The highest BCUT2D eigenvalue weighted by Crippen LogP contribution is 2.39. The number of nitrogen functional groups attached to an aromatic ring is 1. The lowest BCUT2D eigenvalue weighted by Gasteiger charge is -2.23. The number of thioether (sulfide) groups is 1. The van der Waals surface area contributed by atoms with Crippen molar-refractivity contribution in [1.82, 2.24) is 24.8 Å². The van der Waals surface area contributed by atoms with E-state index in [9.17, 15) is 0 Å². The molecule has 1 aromatic carbocycles. The van der Waals surface area contributed by atoms with E-state index in [0.717, 1.165) is 65.4 Å². The Morgan fingerprint density at radius 1 is 1.30 bits per heavy atom. The first kappa shape index (κ1) is 19.7. The summed E-state index contributed by atoms with van der Waals surface area (Å²) in [6.45, 7) is 3.07. The van der Waals surface area contributed by atoms with Crippen molar-refractivity contribution < 1.29 is 0 Å². The number of nitrogens with one attached hydrogen (secondary N) is 1. The Bertz CT molecular complexity index is 1130. The molecule has 3 aromatic rings. The molecule has 2 aliphatic heterocycles. The summed E-state index contributed by atoms with van der Waals surface area (Å²) >= 11 is 3.51. The highest BCUT2D eigenvalue weighted by atomic mass is 32.2. The minimum absolute atomic E-state index is 0.421. The van der Waals surface area contributed by atoms with Gasteiger partial charge in [0, 0.05) is 27.7 Å². The molecule has 0 aliphatic carbocycles. The van der Waals surface area contributed by atoms with Gasteiger partial charge in [-0.2, -0.15) is 0 Å². The summed E-state index contributed by atoms with van der Waals surface area (Å²) in [6, 6.07) is 4.38. The molecular weight excluding hydrogens is 412 g/mol. The molecule has 8 heteroatoms. The Kier molecular flexibility index (Phi) is 5.59. The number of piperidine rings is 1. The van der Waals surface area contributed by atoms with Crippen molar-refractivity contribution in [2.75, 3.05) is 24.6 Å². The molecule has 2 aromatic heterocycles. The number of fused-ring (bicyclic) bond motifs is 2. The number of aromatic nitrogens is 4. The molecule has 2 aliphatic rings. The molecule has 0 amide bonds. The second kappa shape index (κ2) is 8.50. The number of benzene rings is 1. The molecule has 5 rings (SSSR count). The van der Waals surface area contributed by atoms with Crippen LogP contribution in [0.2, 0.25) is 0 Å². The van der Waals surface area contributed by atoms with Crippen LogP contribution in [0.3, 0.4) is 0 Å². The largest absolute Gasteiger partial charge is 0.382 e. The van der Waals surface area contributed by atoms with E-state index in [1.165, 1.54) is 29.6 Å². The number of nitrogens with zero attached hydrogens (tertiary/aromatic N) is 4.